The first kappa shape index (κ1) is 15.5. The van der Waals surface area contributed by atoms with Gasteiger partial charge in [-0.25, -0.2) is 0 Å². The van der Waals surface area contributed by atoms with Gasteiger partial charge in [-0.3, -0.25) is 15.0 Å². The number of ether oxygens (including phenoxy) is 1. The molecule has 2 heterocycles. The van der Waals surface area contributed by atoms with Gasteiger partial charge in [-0.05, 0) is 27.7 Å². The van der Waals surface area contributed by atoms with Gasteiger partial charge < -0.3 is 9.15 Å². The SMILES string of the molecule is Cc1oc(NC(=O)CN2CC(C)OC(C)C2)c(C#N)c1C. The minimum Gasteiger partial charge on any atom is -0.444 e. The van der Waals surface area contributed by atoms with Gasteiger partial charge in [-0.2, -0.15) is 5.26 Å². The van der Waals surface area contributed by atoms with Crippen LogP contribution in [0.15, 0.2) is 4.42 Å². The molecule has 0 spiro atoms. The fourth-order valence-corrected chi connectivity index (χ4v) is 2.63. The third-order valence-electron chi connectivity index (χ3n) is 3.61. The zero-order valence-electron chi connectivity index (χ0n) is 12.9. The maximum Gasteiger partial charge on any atom is 0.240 e. The largest absolute Gasteiger partial charge is 0.444 e. The molecule has 2 rings (SSSR count). The summed E-state index contributed by atoms with van der Waals surface area (Å²) < 4.78 is 11.1. The van der Waals surface area contributed by atoms with Crippen LogP contribution in [0.3, 0.4) is 0 Å². The minimum atomic E-state index is -0.179. The highest BCUT2D eigenvalue weighted by molar-refractivity contribution is 5.92. The third kappa shape index (κ3) is 3.63. The number of morpholine rings is 1. The van der Waals surface area contributed by atoms with Crippen molar-refractivity contribution in [1.82, 2.24) is 4.90 Å². The van der Waals surface area contributed by atoms with E-state index in [0.29, 0.717) is 11.3 Å². The quantitative estimate of drug-likeness (QED) is 0.919. The lowest BCUT2D eigenvalue weighted by Gasteiger charge is -2.34. The van der Waals surface area contributed by atoms with Gasteiger partial charge in [0.1, 0.15) is 17.4 Å². The average molecular weight is 291 g/mol. The Kier molecular flexibility index (Phi) is 4.66. The van der Waals surface area contributed by atoms with Crippen LogP contribution < -0.4 is 5.32 Å². The zero-order valence-corrected chi connectivity index (χ0v) is 12.9. The molecular formula is C15H21N3O3. The zero-order chi connectivity index (χ0) is 15.6. The van der Waals surface area contributed by atoms with Crippen LogP contribution in [0, 0.1) is 25.2 Å². The van der Waals surface area contributed by atoms with Gasteiger partial charge in [0.2, 0.25) is 11.8 Å². The Balaban J connectivity index is 1.99. The summed E-state index contributed by atoms with van der Waals surface area (Å²) in [5, 5.41) is 11.8. The molecule has 0 bridgehead atoms. The molecule has 114 valence electrons. The number of hydrogen-bond donors (Lipinski definition) is 1. The fourth-order valence-electron chi connectivity index (χ4n) is 2.63. The number of anilines is 1. The van der Waals surface area contributed by atoms with Gasteiger partial charge >= 0.3 is 0 Å². The Morgan fingerprint density at radius 1 is 1.38 bits per heavy atom. The van der Waals surface area contributed by atoms with Crippen molar-refractivity contribution in [2.24, 2.45) is 0 Å². The van der Waals surface area contributed by atoms with E-state index in [0.717, 1.165) is 18.7 Å². The van der Waals surface area contributed by atoms with E-state index >= 15 is 0 Å². The molecule has 1 aromatic heterocycles. The summed E-state index contributed by atoms with van der Waals surface area (Å²) in [6.07, 6.45) is 0.230. The lowest BCUT2D eigenvalue weighted by atomic mass is 10.2. The summed E-state index contributed by atoms with van der Waals surface area (Å²) in [6.45, 7) is 9.27. The van der Waals surface area contributed by atoms with Gasteiger partial charge in [0, 0.05) is 18.7 Å². The molecule has 2 atom stereocenters. The van der Waals surface area contributed by atoms with E-state index in [4.69, 9.17) is 14.4 Å². The third-order valence-corrected chi connectivity index (χ3v) is 3.61. The van der Waals surface area contributed by atoms with E-state index in [1.54, 1.807) is 13.8 Å². The molecule has 0 aromatic carbocycles. The van der Waals surface area contributed by atoms with Gasteiger partial charge in [0.05, 0.1) is 18.8 Å². The minimum absolute atomic E-state index is 0.115. The Morgan fingerprint density at radius 2 is 2.00 bits per heavy atom. The first-order valence-electron chi connectivity index (χ1n) is 7.08. The molecule has 1 aromatic rings. The molecule has 6 nitrogen and oxygen atoms in total. The Bertz CT molecular complexity index is 563. The molecule has 6 heteroatoms. The molecular weight excluding hydrogens is 270 g/mol. The van der Waals surface area contributed by atoms with Crippen molar-refractivity contribution in [3.63, 3.8) is 0 Å². The highest BCUT2D eigenvalue weighted by atomic mass is 16.5. The summed E-state index contributed by atoms with van der Waals surface area (Å²) in [6, 6.07) is 2.07. The van der Waals surface area contributed by atoms with Gasteiger partial charge in [-0.1, -0.05) is 0 Å². The number of hydrogen-bond acceptors (Lipinski definition) is 5. The highest BCUT2D eigenvalue weighted by Gasteiger charge is 2.24. The fraction of sp³-hybridized carbons (Fsp3) is 0.600. The summed E-state index contributed by atoms with van der Waals surface area (Å²) in [5.74, 6) is 0.712. The highest BCUT2D eigenvalue weighted by Crippen LogP contribution is 2.25. The van der Waals surface area contributed by atoms with Crippen LogP contribution in [0.4, 0.5) is 5.88 Å². The second-order valence-electron chi connectivity index (χ2n) is 5.60. The number of aryl methyl sites for hydroxylation is 1. The van der Waals surface area contributed by atoms with Crippen LogP contribution >= 0.6 is 0 Å². The van der Waals surface area contributed by atoms with Crippen molar-refractivity contribution >= 4 is 11.8 Å². The standard InChI is InChI=1S/C15H21N3O3/c1-9-6-18(7-10(2)20-9)8-14(19)17-15-13(5-16)11(3)12(4)21-15/h9-10H,6-8H2,1-4H3,(H,17,19). The van der Waals surface area contributed by atoms with E-state index in [2.05, 4.69) is 11.4 Å². The monoisotopic (exact) mass is 291 g/mol. The number of rotatable bonds is 3. The van der Waals surface area contributed by atoms with Crippen LogP contribution in [-0.4, -0.2) is 42.6 Å². The van der Waals surface area contributed by atoms with Gasteiger partial charge in [0.15, 0.2) is 0 Å². The van der Waals surface area contributed by atoms with Crippen molar-refractivity contribution in [3.8, 4) is 6.07 Å². The molecule has 1 fully saturated rings. The molecule has 2 unspecified atom stereocenters. The van der Waals surface area contributed by atoms with Gasteiger partial charge in [-0.15, -0.1) is 0 Å². The van der Waals surface area contributed by atoms with E-state index in [1.807, 2.05) is 18.7 Å². The number of amides is 1. The van der Waals surface area contributed by atoms with Crippen LogP contribution in [-0.2, 0) is 9.53 Å². The summed E-state index contributed by atoms with van der Waals surface area (Å²) in [4.78, 5) is 14.2. The number of nitriles is 1. The van der Waals surface area contributed by atoms with Gasteiger partial charge in [0.25, 0.3) is 0 Å². The Morgan fingerprint density at radius 3 is 2.57 bits per heavy atom. The van der Waals surface area contributed by atoms with E-state index < -0.39 is 0 Å². The summed E-state index contributed by atoms with van der Waals surface area (Å²) in [5.41, 5.74) is 1.16. The number of carbonyl (C=O) groups is 1. The summed E-state index contributed by atoms with van der Waals surface area (Å²) in [7, 11) is 0. The first-order chi connectivity index (χ1) is 9.90. The van der Waals surface area contributed by atoms with Crippen molar-refractivity contribution in [1.29, 1.82) is 5.26 Å². The lowest BCUT2D eigenvalue weighted by molar-refractivity contribution is -0.121. The number of nitrogens with zero attached hydrogens (tertiary/aromatic N) is 2. The van der Waals surface area contributed by atoms with E-state index in [1.165, 1.54) is 0 Å². The normalized spacial score (nSPS) is 22.8. The van der Waals surface area contributed by atoms with Crippen molar-refractivity contribution in [2.45, 2.75) is 39.9 Å². The topological polar surface area (TPSA) is 78.5 Å². The van der Waals surface area contributed by atoms with Crippen LogP contribution in [0.1, 0.15) is 30.7 Å². The number of nitrogens with one attached hydrogen (secondary N) is 1. The predicted octanol–water partition coefficient (Wildman–Crippen LogP) is 1.82. The molecule has 1 amide bonds. The van der Waals surface area contributed by atoms with Crippen LogP contribution in [0.5, 0.6) is 0 Å². The molecule has 0 saturated carbocycles. The lowest BCUT2D eigenvalue weighted by Crippen LogP contribution is -2.48. The number of furan rings is 1. The Hall–Kier alpha value is -1.84. The van der Waals surface area contributed by atoms with Crippen molar-refractivity contribution < 1.29 is 13.9 Å². The van der Waals surface area contributed by atoms with Crippen LogP contribution in [0.25, 0.3) is 0 Å². The first-order valence-corrected chi connectivity index (χ1v) is 7.08. The Labute approximate surface area is 124 Å². The second kappa shape index (κ2) is 6.29. The van der Waals surface area contributed by atoms with Crippen molar-refractivity contribution in [3.05, 3.63) is 16.9 Å². The average Bonchev–Trinajstić information content (AvgIpc) is 2.62. The van der Waals surface area contributed by atoms with E-state index in [9.17, 15) is 4.79 Å². The van der Waals surface area contributed by atoms with Crippen LogP contribution in [0.2, 0.25) is 0 Å². The maximum atomic E-state index is 12.1. The molecule has 1 aliphatic heterocycles. The smallest absolute Gasteiger partial charge is 0.240 e. The number of carbonyl (C=O) groups excluding carboxylic acids is 1. The molecule has 1 saturated heterocycles. The molecule has 0 aliphatic carbocycles. The molecule has 1 aliphatic rings. The predicted molar refractivity (Wildman–Crippen MR) is 78.0 cm³/mol. The van der Waals surface area contributed by atoms with E-state index in [-0.39, 0.29) is 30.5 Å². The molecule has 1 N–H and O–H groups in total. The summed E-state index contributed by atoms with van der Waals surface area (Å²) >= 11 is 0. The van der Waals surface area contributed by atoms with Crippen molar-refractivity contribution in [2.75, 3.05) is 25.0 Å². The second-order valence-corrected chi connectivity index (χ2v) is 5.60. The molecule has 0 radical (unpaired) electrons. The molecule has 21 heavy (non-hydrogen) atoms. The maximum absolute atomic E-state index is 12.1.